The van der Waals surface area contributed by atoms with Crippen LogP contribution in [-0.2, 0) is 0 Å². The smallest absolute Gasteiger partial charge is 0.214 e. The van der Waals surface area contributed by atoms with E-state index in [1.807, 2.05) is 42.7 Å². The molecule has 1 atom stereocenters. The van der Waals surface area contributed by atoms with E-state index in [2.05, 4.69) is 56.9 Å². The summed E-state index contributed by atoms with van der Waals surface area (Å²) in [5, 5.41) is 11.6. The lowest BCUT2D eigenvalue weighted by molar-refractivity contribution is 0.236. The molecule has 4 aromatic heterocycles. The number of nitrogens with zero attached hydrogens (tertiary/aromatic N) is 5. The molecule has 0 saturated carbocycles. The highest BCUT2D eigenvalue weighted by Crippen LogP contribution is 2.36. The molecule has 3 N–H and O–H groups in total. The van der Waals surface area contributed by atoms with Crippen LogP contribution in [0.15, 0.2) is 67.2 Å². The number of nitrogens with one attached hydrogen (secondary N) is 3. The quantitative estimate of drug-likeness (QED) is 0.319. The van der Waals surface area contributed by atoms with Crippen molar-refractivity contribution in [1.29, 1.82) is 0 Å². The number of piperidine rings is 1. The van der Waals surface area contributed by atoms with Gasteiger partial charge in [-0.2, -0.15) is 4.98 Å². The number of allylic oxidation sites excluding steroid dienone is 4. The Labute approximate surface area is 221 Å². The van der Waals surface area contributed by atoms with Crippen LogP contribution >= 0.6 is 0 Å². The third kappa shape index (κ3) is 4.68. The lowest BCUT2D eigenvalue weighted by atomic mass is 9.80. The predicted octanol–water partition coefficient (Wildman–Crippen LogP) is 4.99. The normalized spacial score (nSPS) is 18.0. The number of rotatable bonds is 7. The average molecular weight is 507 g/mol. The van der Waals surface area contributed by atoms with Gasteiger partial charge >= 0.3 is 0 Å². The number of hydrogen-bond acceptors (Lipinski definition) is 9. The highest BCUT2D eigenvalue weighted by Gasteiger charge is 2.33. The zero-order valence-corrected chi connectivity index (χ0v) is 21.7. The van der Waals surface area contributed by atoms with E-state index in [-0.39, 0.29) is 11.5 Å². The Morgan fingerprint density at radius 1 is 1.08 bits per heavy atom. The van der Waals surface area contributed by atoms with Crippen LogP contribution in [0, 0.1) is 5.41 Å². The molecule has 0 aromatic carbocycles. The third-order valence-electron chi connectivity index (χ3n) is 7.12. The molecule has 0 unspecified atom stereocenters. The van der Waals surface area contributed by atoms with Crippen LogP contribution in [0.1, 0.15) is 25.8 Å². The summed E-state index contributed by atoms with van der Waals surface area (Å²) in [7, 11) is 1.59. The van der Waals surface area contributed by atoms with Crippen molar-refractivity contribution in [2.45, 2.75) is 26.3 Å². The van der Waals surface area contributed by atoms with Gasteiger partial charge in [-0.1, -0.05) is 38.1 Å². The van der Waals surface area contributed by atoms with Crippen molar-refractivity contribution in [1.82, 2.24) is 30.2 Å². The van der Waals surface area contributed by atoms with Gasteiger partial charge in [0.2, 0.25) is 5.88 Å². The summed E-state index contributed by atoms with van der Waals surface area (Å²) in [4.78, 5) is 23.4. The third-order valence-corrected chi connectivity index (χ3v) is 7.12. The maximum atomic E-state index is 5.24. The van der Waals surface area contributed by atoms with E-state index in [0.29, 0.717) is 23.3 Å². The molecule has 4 aromatic rings. The minimum Gasteiger partial charge on any atom is -0.481 e. The van der Waals surface area contributed by atoms with Crippen molar-refractivity contribution >= 4 is 33.9 Å². The molecule has 9 heteroatoms. The van der Waals surface area contributed by atoms with Crippen LogP contribution < -0.4 is 20.7 Å². The lowest BCUT2D eigenvalue weighted by Gasteiger charge is -2.40. The van der Waals surface area contributed by atoms with Crippen LogP contribution in [0.2, 0.25) is 0 Å². The summed E-state index contributed by atoms with van der Waals surface area (Å²) >= 11 is 0. The number of aromatic nitrogens is 5. The summed E-state index contributed by atoms with van der Waals surface area (Å²) in [6.07, 6.45) is 12.7. The Kier molecular flexibility index (Phi) is 6.21. The summed E-state index contributed by atoms with van der Waals surface area (Å²) in [6.45, 7) is 6.49. The zero-order valence-electron chi connectivity index (χ0n) is 21.7. The fourth-order valence-corrected chi connectivity index (χ4v) is 4.88. The van der Waals surface area contributed by atoms with Crippen molar-refractivity contribution in [2.24, 2.45) is 5.41 Å². The molecule has 9 nitrogen and oxygen atoms in total. The number of pyridine rings is 3. The van der Waals surface area contributed by atoms with E-state index < -0.39 is 0 Å². The van der Waals surface area contributed by atoms with Gasteiger partial charge in [-0.25, -0.2) is 15.0 Å². The van der Waals surface area contributed by atoms with Gasteiger partial charge in [-0.3, -0.25) is 4.98 Å². The summed E-state index contributed by atoms with van der Waals surface area (Å²) in [6, 6.07) is 9.64. The maximum Gasteiger partial charge on any atom is 0.214 e. The molecule has 0 radical (unpaired) electrons. The van der Waals surface area contributed by atoms with Crippen molar-refractivity contribution < 1.29 is 4.74 Å². The Hall–Kier alpha value is -4.37. The van der Waals surface area contributed by atoms with Gasteiger partial charge in [0.1, 0.15) is 17.5 Å². The monoisotopic (exact) mass is 506 g/mol. The fraction of sp³-hybridized carbons (Fsp3) is 0.276. The number of ether oxygens (including phenoxy) is 1. The largest absolute Gasteiger partial charge is 0.481 e. The lowest BCUT2D eigenvalue weighted by Crippen LogP contribution is -2.49. The molecular weight excluding hydrogens is 476 g/mol. The minimum atomic E-state index is 0.0655. The van der Waals surface area contributed by atoms with Crippen molar-refractivity contribution in [3.63, 3.8) is 0 Å². The minimum absolute atomic E-state index is 0.0655. The van der Waals surface area contributed by atoms with Crippen molar-refractivity contribution in [2.75, 3.05) is 30.8 Å². The van der Waals surface area contributed by atoms with Gasteiger partial charge in [-0.05, 0) is 42.2 Å². The zero-order chi connectivity index (χ0) is 26.1. The first-order chi connectivity index (χ1) is 18.5. The molecule has 1 fully saturated rings. The maximum absolute atomic E-state index is 5.24. The SMILES string of the molecule is COc1cccc(Nc2cc(-c3nc(N[C@H]4CCNCC4(C)C)c4c(C5=CC=C5)cncc4n3)ccn2)n1. The van der Waals surface area contributed by atoms with Crippen LogP contribution in [0.4, 0.5) is 17.5 Å². The number of anilines is 3. The first kappa shape index (κ1) is 24.0. The second-order valence-electron chi connectivity index (χ2n) is 10.2. The first-order valence-electron chi connectivity index (χ1n) is 12.8. The molecule has 192 valence electrons. The number of hydrogen-bond donors (Lipinski definition) is 3. The topological polar surface area (TPSA) is 110 Å². The van der Waals surface area contributed by atoms with Crippen LogP contribution in [0.3, 0.4) is 0 Å². The van der Waals surface area contributed by atoms with Crippen LogP contribution in [0.25, 0.3) is 27.9 Å². The van der Waals surface area contributed by atoms with Gasteiger partial charge in [-0.15, -0.1) is 0 Å². The van der Waals surface area contributed by atoms with Crippen molar-refractivity contribution in [3.8, 4) is 17.3 Å². The molecule has 38 heavy (non-hydrogen) atoms. The predicted molar refractivity (Wildman–Crippen MR) is 150 cm³/mol. The number of fused-ring (bicyclic) bond motifs is 1. The molecule has 1 aliphatic heterocycles. The Morgan fingerprint density at radius 3 is 2.76 bits per heavy atom. The summed E-state index contributed by atoms with van der Waals surface area (Å²) < 4.78 is 5.24. The highest BCUT2D eigenvalue weighted by atomic mass is 16.5. The van der Waals surface area contributed by atoms with E-state index in [1.54, 1.807) is 19.4 Å². The number of methoxy groups -OCH3 is 1. The molecule has 5 heterocycles. The summed E-state index contributed by atoms with van der Waals surface area (Å²) in [5.41, 5.74) is 3.87. The van der Waals surface area contributed by atoms with Gasteiger partial charge in [0.05, 0.1) is 24.2 Å². The molecule has 2 aliphatic rings. The Balaban J connectivity index is 1.42. The molecule has 0 amide bonds. The standard InChI is InChI=1S/C29H30N8O/c1-29(2)17-30-12-11-22(29)34-28-26-20(18-6-4-7-18)15-31-16-21(26)33-27(37-28)19-10-13-32-24(14-19)35-23-8-5-9-25(36-23)38-3/h4-10,13-16,22,30H,11-12,17H2,1-3H3,(H,32,35,36)(H,33,34,37)/t22-/m0/s1. The van der Waals surface area contributed by atoms with E-state index in [4.69, 9.17) is 14.7 Å². The molecule has 1 saturated heterocycles. The van der Waals surface area contributed by atoms with Crippen LogP contribution in [0.5, 0.6) is 5.88 Å². The first-order valence-corrected chi connectivity index (χ1v) is 12.8. The second-order valence-corrected chi connectivity index (χ2v) is 10.2. The fourth-order valence-electron chi connectivity index (χ4n) is 4.88. The van der Waals surface area contributed by atoms with Gasteiger partial charge < -0.3 is 20.7 Å². The van der Waals surface area contributed by atoms with Crippen molar-refractivity contribution in [3.05, 3.63) is 72.7 Å². The summed E-state index contributed by atoms with van der Waals surface area (Å²) in [5.74, 6) is 3.23. The Bertz CT molecular complexity index is 1560. The van der Waals surface area contributed by atoms with Gasteiger partial charge in [0.15, 0.2) is 5.82 Å². The molecule has 6 rings (SSSR count). The molecule has 1 aliphatic carbocycles. The van der Waals surface area contributed by atoms with Crippen LogP contribution in [-0.4, -0.2) is 51.2 Å². The van der Waals surface area contributed by atoms with E-state index in [0.717, 1.165) is 52.9 Å². The van der Waals surface area contributed by atoms with Gasteiger partial charge in [0.25, 0.3) is 0 Å². The average Bonchev–Trinajstić information content (AvgIpc) is 2.89. The Morgan fingerprint density at radius 2 is 1.97 bits per heavy atom. The molecule has 0 spiro atoms. The second kappa shape index (κ2) is 9.83. The van der Waals surface area contributed by atoms with E-state index >= 15 is 0 Å². The van der Waals surface area contributed by atoms with E-state index in [1.165, 1.54) is 0 Å². The molecular formula is C29H30N8O. The molecule has 0 bridgehead atoms. The van der Waals surface area contributed by atoms with E-state index in [9.17, 15) is 0 Å². The highest BCUT2D eigenvalue weighted by molar-refractivity contribution is 6.02. The van der Waals surface area contributed by atoms with Gasteiger partial charge in [0, 0.05) is 42.2 Å².